The molecule has 0 spiro atoms. The predicted octanol–water partition coefficient (Wildman–Crippen LogP) is 1.23. The van der Waals surface area contributed by atoms with Crippen LogP contribution in [0.5, 0.6) is 0 Å². The van der Waals surface area contributed by atoms with Crippen LogP contribution in [-0.2, 0) is 28.4 Å². The molecule has 0 aliphatic carbocycles. The number of sulfonamides is 1. The summed E-state index contributed by atoms with van der Waals surface area (Å²) in [5.74, 6) is 0. The summed E-state index contributed by atoms with van der Waals surface area (Å²) >= 11 is 0. The quantitative estimate of drug-likeness (QED) is 0.602. The molecule has 0 aromatic carbocycles. The van der Waals surface area contributed by atoms with Crippen LogP contribution in [0.3, 0.4) is 0 Å². The van der Waals surface area contributed by atoms with Crippen LogP contribution >= 0.6 is 0 Å². The number of aromatic nitrogens is 1. The number of nitrogens with one attached hydrogen (secondary N) is 2. The number of nitrogens with zero attached hydrogens (tertiary/aromatic N) is 1. The molecule has 2 N–H and O–H groups in total. The molecule has 0 unspecified atom stereocenters. The van der Waals surface area contributed by atoms with Gasteiger partial charge < -0.3 is 14.6 Å². The minimum atomic E-state index is -3.43. The van der Waals surface area contributed by atoms with Crippen molar-refractivity contribution in [2.24, 2.45) is 7.05 Å². The second-order valence-electron chi connectivity index (χ2n) is 5.03. The lowest BCUT2D eigenvalue weighted by Crippen LogP contribution is -2.25. The second kappa shape index (κ2) is 9.19. The maximum Gasteiger partial charge on any atom is 0.242 e. The van der Waals surface area contributed by atoms with Crippen LogP contribution in [0.4, 0.5) is 0 Å². The Hall–Kier alpha value is -0.890. The predicted molar refractivity (Wildman–Crippen MR) is 83.7 cm³/mol. The van der Waals surface area contributed by atoms with Gasteiger partial charge in [-0.1, -0.05) is 13.3 Å². The maximum atomic E-state index is 12.2. The van der Waals surface area contributed by atoms with Gasteiger partial charge in [-0.15, -0.1) is 0 Å². The molecule has 1 aromatic heterocycles. The van der Waals surface area contributed by atoms with Gasteiger partial charge in [0.05, 0.1) is 4.90 Å². The fourth-order valence-corrected chi connectivity index (χ4v) is 3.06. The fraction of sp³-hybridized carbons (Fsp3) is 0.714. The van der Waals surface area contributed by atoms with E-state index in [1.165, 1.54) is 0 Å². The molecule has 0 saturated heterocycles. The zero-order chi connectivity index (χ0) is 15.7. The molecular formula is C14H27N3O3S. The van der Waals surface area contributed by atoms with E-state index in [0.29, 0.717) is 31.0 Å². The molecule has 0 radical (unpaired) electrons. The average Bonchev–Trinajstić information content (AvgIpc) is 2.81. The van der Waals surface area contributed by atoms with Crippen LogP contribution < -0.4 is 10.0 Å². The summed E-state index contributed by atoms with van der Waals surface area (Å²) in [6, 6.07) is 1.69. The van der Waals surface area contributed by atoms with E-state index in [2.05, 4.69) is 17.0 Å². The average molecular weight is 317 g/mol. The summed E-state index contributed by atoms with van der Waals surface area (Å²) in [6.07, 6.45) is 4.46. The van der Waals surface area contributed by atoms with Crippen LogP contribution in [0.15, 0.2) is 17.2 Å². The van der Waals surface area contributed by atoms with Crippen LogP contribution in [0.2, 0.25) is 0 Å². The van der Waals surface area contributed by atoms with Crippen LogP contribution in [0, 0.1) is 0 Å². The second-order valence-corrected chi connectivity index (χ2v) is 6.79. The zero-order valence-corrected chi connectivity index (χ0v) is 14.0. The van der Waals surface area contributed by atoms with Crippen molar-refractivity contribution in [2.45, 2.75) is 37.6 Å². The van der Waals surface area contributed by atoms with Crippen LogP contribution in [0.1, 0.15) is 31.9 Å². The first kappa shape index (κ1) is 18.2. The normalized spacial score (nSPS) is 12.0. The van der Waals surface area contributed by atoms with E-state index >= 15 is 0 Å². The number of aryl methyl sites for hydroxylation is 1. The van der Waals surface area contributed by atoms with Crippen molar-refractivity contribution in [3.8, 4) is 0 Å². The van der Waals surface area contributed by atoms with Crippen LogP contribution in [-0.4, -0.2) is 39.8 Å². The number of hydrogen-bond acceptors (Lipinski definition) is 4. The highest BCUT2D eigenvalue weighted by Crippen LogP contribution is 2.13. The van der Waals surface area contributed by atoms with Crippen molar-refractivity contribution in [3.05, 3.63) is 18.0 Å². The molecule has 6 nitrogen and oxygen atoms in total. The zero-order valence-electron chi connectivity index (χ0n) is 13.2. The van der Waals surface area contributed by atoms with Gasteiger partial charge in [0.1, 0.15) is 0 Å². The smallest absolute Gasteiger partial charge is 0.242 e. The number of rotatable bonds is 11. The Balaban J connectivity index is 2.41. The molecule has 0 atom stereocenters. The molecule has 1 heterocycles. The van der Waals surface area contributed by atoms with E-state index in [9.17, 15) is 8.42 Å². The number of ether oxygens (including phenoxy) is 1. The summed E-state index contributed by atoms with van der Waals surface area (Å²) < 4.78 is 34.1. The molecule has 0 amide bonds. The minimum Gasteiger partial charge on any atom is -0.381 e. The highest BCUT2D eigenvalue weighted by atomic mass is 32.2. The largest absolute Gasteiger partial charge is 0.381 e. The standard InChI is InChI=1S/C14H27N3O3S/c1-4-5-8-20-9-6-7-16-21(18,19)14-10-13(11-15-2)17(3)12-14/h10,12,15-16H,4-9,11H2,1-3H3. The Labute approximate surface area is 127 Å². The van der Waals surface area contributed by atoms with Gasteiger partial charge >= 0.3 is 0 Å². The molecule has 0 fully saturated rings. The van der Waals surface area contributed by atoms with E-state index in [0.717, 1.165) is 25.1 Å². The lowest BCUT2D eigenvalue weighted by Gasteiger charge is -2.05. The Morgan fingerprint density at radius 1 is 1.29 bits per heavy atom. The van der Waals surface area contributed by atoms with Gasteiger partial charge in [-0.3, -0.25) is 0 Å². The van der Waals surface area contributed by atoms with Crippen LogP contribution in [0.25, 0.3) is 0 Å². The van der Waals surface area contributed by atoms with Gasteiger partial charge in [-0.2, -0.15) is 0 Å². The number of unbranched alkanes of at least 4 members (excludes halogenated alkanes) is 1. The molecule has 0 bridgehead atoms. The third-order valence-electron chi connectivity index (χ3n) is 3.15. The fourth-order valence-electron chi connectivity index (χ4n) is 1.89. The maximum absolute atomic E-state index is 12.2. The summed E-state index contributed by atoms with van der Waals surface area (Å²) in [7, 11) is 0.240. The Bertz CT molecular complexity index is 512. The van der Waals surface area contributed by atoms with Crippen molar-refractivity contribution in [1.29, 1.82) is 0 Å². The van der Waals surface area contributed by atoms with E-state index in [-0.39, 0.29) is 0 Å². The van der Waals surface area contributed by atoms with Gasteiger partial charge in [0.25, 0.3) is 0 Å². The topological polar surface area (TPSA) is 72.4 Å². The summed E-state index contributed by atoms with van der Waals surface area (Å²) in [5.41, 5.74) is 0.931. The van der Waals surface area contributed by atoms with Gasteiger partial charge in [-0.25, -0.2) is 13.1 Å². The molecule has 0 saturated carbocycles. The molecular weight excluding hydrogens is 290 g/mol. The third kappa shape index (κ3) is 6.17. The van der Waals surface area contributed by atoms with Crippen molar-refractivity contribution < 1.29 is 13.2 Å². The molecule has 1 rings (SSSR count). The van der Waals surface area contributed by atoms with E-state index < -0.39 is 10.0 Å². The van der Waals surface area contributed by atoms with E-state index in [1.807, 2.05) is 18.7 Å². The minimum absolute atomic E-state index is 0.308. The van der Waals surface area contributed by atoms with Gasteiger partial charge in [0, 0.05) is 45.2 Å². The Morgan fingerprint density at radius 3 is 2.67 bits per heavy atom. The summed E-state index contributed by atoms with van der Waals surface area (Å²) in [4.78, 5) is 0.308. The van der Waals surface area contributed by atoms with Crippen molar-refractivity contribution in [1.82, 2.24) is 14.6 Å². The summed E-state index contributed by atoms with van der Waals surface area (Å²) in [5, 5.41) is 3.01. The van der Waals surface area contributed by atoms with Gasteiger partial charge in [0.15, 0.2) is 0 Å². The molecule has 7 heteroatoms. The molecule has 21 heavy (non-hydrogen) atoms. The summed E-state index contributed by atoms with van der Waals surface area (Å²) in [6.45, 7) is 4.47. The lowest BCUT2D eigenvalue weighted by atomic mass is 10.4. The van der Waals surface area contributed by atoms with Crippen molar-refractivity contribution in [2.75, 3.05) is 26.8 Å². The van der Waals surface area contributed by atoms with E-state index in [1.54, 1.807) is 12.3 Å². The first-order valence-corrected chi connectivity index (χ1v) is 8.86. The van der Waals surface area contributed by atoms with E-state index in [4.69, 9.17) is 4.74 Å². The highest BCUT2D eigenvalue weighted by molar-refractivity contribution is 7.89. The Morgan fingerprint density at radius 2 is 2.00 bits per heavy atom. The van der Waals surface area contributed by atoms with Crippen molar-refractivity contribution >= 4 is 10.0 Å². The third-order valence-corrected chi connectivity index (χ3v) is 4.58. The molecule has 1 aromatic rings. The monoisotopic (exact) mass is 317 g/mol. The van der Waals surface area contributed by atoms with Gasteiger partial charge in [0.2, 0.25) is 10.0 Å². The lowest BCUT2D eigenvalue weighted by molar-refractivity contribution is 0.130. The molecule has 0 aliphatic rings. The first-order chi connectivity index (χ1) is 10.0. The molecule has 0 aliphatic heterocycles. The van der Waals surface area contributed by atoms with Gasteiger partial charge in [-0.05, 0) is 26.0 Å². The highest BCUT2D eigenvalue weighted by Gasteiger charge is 2.16. The SMILES string of the molecule is CCCCOCCCNS(=O)(=O)c1cc(CNC)n(C)c1. The molecule has 122 valence electrons. The number of hydrogen-bond donors (Lipinski definition) is 2. The first-order valence-electron chi connectivity index (χ1n) is 7.38. The Kier molecular flexibility index (Phi) is 7.95. The van der Waals surface area contributed by atoms with Crippen molar-refractivity contribution in [3.63, 3.8) is 0 Å².